The molecule has 6 N–H and O–H groups in total. The van der Waals surface area contributed by atoms with E-state index in [1.165, 1.54) is 11.3 Å². The summed E-state index contributed by atoms with van der Waals surface area (Å²) in [7, 11) is 0. The highest BCUT2D eigenvalue weighted by Gasteiger charge is 2.33. The molecule has 2 aliphatic heterocycles. The third-order valence-corrected chi connectivity index (χ3v) is 12.1. The average Bonchev–Trinajstić information content (AvgIpc) is 3.85. The van der Waals surface area contributed by atoms with Crippen molar-refractivity contribution in [2.24, 2.45) is 0 Å². The summed E-state index contributed by atoms with van der Waals surface area (Å²) in [6.45, 7) is -0.424. The van der Waals surface area contributed by atoms with E-state index in [0.717, 1.165) is 21.6 Å². The molecule has 2 bridgehead atoms. The fraction of sp³-hybridized carbons (Fsp3) is 0.231. The first-order valence-electron chi connectivity index (χ1n) is 21.8. The number of carbonyl (C=O) groups excluding carboxylic acids is 5. The largest absolute Gasteiger partial charge is 0.484 e. The van der Waals surface area contributed by atoms with E-state index < -0.39 is 72.3 Å². The standard InChI is InChI=1S/C52H51N5O8S/c58-47-33-65-40-25-20-37(21-26-40)31-44(48(59)54-42(52(63)64)27-22-34-11-4-1-5-12-34)56-49(60)43(29-35-13-6-2-7-14-35)55-50(61)45(57-51(62)46(53-47)32-41-17-10-28-66-41)30-36-18-23-39(24-19-36)38-15-8-3-9-16-38/h1-21,23-26,28,42-46H,22,27,29-33H2,(H,53,58)(H,54,59)(H,55,61)(H,56,60)(H,57,62)(H,63,64)/t42-,43-,44-,45-,46-/m0/s1. The fourth-order valence-electron chi connectivity index (χ4n) is 7.66. The van der Waals surface area contributed by atoms with Gasteiger partial charge in [-0.3, -0.25) is 24.0 Å². The molecule has 66 heavy (non-hydrogen) atoms. The van der Waals surface area contributed by atoms with Crippen LogP contribution in [0.2, 0.25) is 0 Å². The predicted octanol–water partition coefficient (Wildman–Crippen LogP) is 5.22. The monoisotopic (exact) mass is 905 g/mol. The molecule has 3 heterocycles. The van der Waals surface area contributed by atoms with Gasteiger partial charge in [0, 0.05) is 30.6 Å². The van der Waals surface area contributed by atoms with Crippen LogP contribution < -0.4 is 31.3 Å². The second kappa shape index (κ2) is 22.9. The maximum atomic E-state index is 14.7. The van der Waals surface area contributed by atoms with Gasteiger partial charge in [-0.2, -0.15) is 0 Å². The highest BCUT2D eigenvalue weighted by molar-refractivity contribution is 7.09. The average molecular weight is 906 g/mol. The number of thiophene rings is 1. The van der Waals surface area contributed by atoms with Crippen LogP contribution in [-0.2, 0) is 60.9 Å². The summed E-state index contributed by atoms with van der Waals surface area (Å²) in [6, 6.07) is 39.8. The fourth-order valence-corrected chi connectivity index (χ4v) is 8.41. The number of nitrogens with one attached hydrogen (secondary N) is 5. The van der Waals surface area contributed by atoms with Gasteiger partial charge in [-0.15, -0.1) is 11.3 Å². The molecule has 5 atom stereocenters. The molecule has 6 aromatic rings. The Kier molecular flexibility index (Phi) is 16.1. The Balaban J connectivity index is 1.21. The van der Waals surface area contributed by atoms with Gasteiger partial charge < -0.3 is 36.4 Å². The Morgan fingerprint density at radius 1 is 0.606 bits per heavy atom. The summed E-state index contributed by atoms with van der Waals surface area (Å²) in [5, 5.41) is 26.1. The van der Waals surface area contributed by atoms with Gasteiger partial charge in [0.1, 0.15) is 36.0 Å². The molecule has 14 heteroatoms. The van der Waals surface area contributed by atoms with Crippen LogP contribution in [0.25, 0.3) is 11.1 Å². The quantitative estimate of drug-likeness (QED) is 0.0851. The van der Waals surface area contributed by atoms with Gasteiger partial charge in [-0.05, 0) is 69.8 Å². The van der Waals surface area contributed by atoms with Gasteiger partial charge in [0.05, 0.1) is 0 Å². The number of amides is 5. The van der Waals surface area contributed by atoms with E-state index in [1.807, 2.05) is 109 Å². The normalized spacial score (nSPS) is 18.7. The molecule has 5 aromatic carbocycles. The van der Waals surface area contributed by atoms with Gasteiger partial charge in [0.25, 0.3) is 5.91 Å². The molecule has 2 aliphatic rings. The number of benzene rings is 5. The zero-order chi connectivity index (χ0) is 46.3. The Morgan fingerprint density at radius 2 is 1.15 bits per heavy atom. The van der Waals surface area contributed by atoms with E-state index in [0.29, 0.717) is 28.9 Å². The Bertz CT molecular complexity index is 2560. The minimum absolute atomic E-state index is 0.0110. The molecule has 0 spiro atoms. The SMILES string of the molecule is O=C1COc2ccc(cc2)C[C@@H](C(=O)N[C@@H](CCc2ccccc2)C(=O)O)NC(=O)[C@H](Cc2ccccc2)NC(=O)[C@H](Cc2ccc(-c3ccccc3)cc2)NC(=O)[C@H](Cc2cccs2)N1. The van der Waals surface area contributed by atoms with E-state index in [2.05, 4.69) is 26.6 Å². The zero-order valence-electron chi connectivity index (χ0n) is 36.1. The van der Waals surface area contributed by atoms with Crippen LogP contribution in [0.1, 0.15) is 33.6 Å². The molecule has 13 nitrogen and oxygen atoms in total. The summed E-state index contributed by atoms with van der Waals surface area (Å²) < 4.78 is 5.80. The van der Waals surface area contributed by atoms with Gasteiger partial charge in [-0.1, -0.05) is 133 Å². The van der Waals surface area contributed by atoms with Crippen LogP contribution in [-0.4, -0.2) is 77.4 Å². The molecule has 0 saturated heterocycles. The zero-order valence-corrected chi connectivity index (χ0v) is 36.9. The minimum Gasteiger partial charge on any atom is -0.484 e. The van der Waals surface area contributed by atoms with Gasteiger partial charge >= 0.3 is 5.97 Å². The molecule has 0 saturated carbocycles. The number of fused-ring (bicyclic) bond motifs is 16. The highest BCUT2D eigenvalue weighted by atomic mass is 32.1. The lowest BCUT2D eigenvalue weighted by Crippen LogP contribution is -2.60. The maximum absolute atomic E-state index is 14.7. The lowest BCUT2D eigenvalue weighted by atomic mass is 9.99. The van der Waals surface area contributed by atoms with E-state index in [1.54, 1.807) is 48.5 Å². The van der Waals surface area contributed by atoms with Crippen LogP contribution in [0.15, 0.2) is 157 Å². The van der Waals surface area contributed by atoms with Crippen molar-refractivity contribution in [1.29, 1.82) is 0 Å². The van der Waals surface area contributed by atoms with Crippen molar-refractivity contribution in [3.8, 4) is 16.9 Å². The van der Waals surface area contributed by atoms with Crippen molar-refractivity contribution in [1.82, 2.24) is 26.6 Å². The molecular formula is C52H51N5O8S. The molecule has 5 amide bonds. The van der Waals surface area contributed by atoms with E-state index in [4.69, 9.17) is 4.74 Å². The molecule has 1 aromatic heterocycles. The molecule has 8 rings (SSSR count). The van der Waals surface area contributed by atoms with Crippen molar-refractivity contribution in [2.45, 2.75) is 68.7 Å². The second-order valence-electron chi connectivity index (χ2n) is 16.1. The van der Waals surface area contributed by atoms with E-state index in [-0.39, 0.29) is 32.1 Å². The summed E-state index contributed by atoms with van der Waals surface area (Å²) >= 11 is 1.42. The van der Waals surface area contributed by atoms with Crippen molar-refractivity contribution < 1.29 is 38.6 Å². The number of hydrogen-bond donors (Lipinski definition) is 6. The van der Waals surface area contributed by atoms with Crippen LogP contribution >= 0.6 is 11.3 Å². The Labute approximate surface area is 387 Å². The van der Waals surface area contributed by atoms with Crippen molar-refractivity contribution in [3.63, 3.8) is 0 Å². The molecule has 0 aliphatic carbocycles. The van der Waals surface area contributed by atoms with Crippen LogP contribution in [0.3, 0.4) is 0 Å². The third kappa shape index (κ3) is 13.5. The van der Waals surface area contributed by atoms with E-state index in [9.17, 15) is 33.9 Å². The molecule has 0 unspecified atom stereocenters. The molecular weight excluding hydrogens is 855 g/mol. The van der Waals surface area contributed by atoms with Crippen LogP contribution in [0, 0.1) is 0 Å². The van der Waals surface area contributed by atoms with Gasteiger partial charge in [-0.25, -0.2) is 4.79 Å². The Hall–Kier alpha value is -7.58. The lowest BCUT2D eigenvalue weighted by Gasteiger charge is -2.27. The van der Waals surface area contributed by atoms with Crippen molar-refractivity contribution in [2.75, 3.05) is 6.61 Å². The topological polar surface area (TPSA) is 192 Å². The molecule has 338 valence electrons. The van der Waals surface area contributed by atoms with Gasteiger partial charge in [0.2, 0.25) is 23.6 Å². The number of ether oxygens (including phenoxy) is 1. The number of aryl methyl sites for hydroxylation is 1. The number of aliphatic carboxylic acids is 1. The summed E-state index contributed by atoms with van der Waals surface area (Å²) in [5.41, 5.74) is 4.86. The first kappa shape index (κ1) is 46.4. The highest BCUT2D eigenvalue weighted by Crippen LogP contribution is 2.21. The number of carboxylic acids is 1. The number of hydrogen-bond acceptors (Lipinski definition) is 8. The first-order chi connectivity index (χ1) is 32.1. The third-order valence-electron chi connectivity index (χ3n) is 11.2. The summed E-state index contributed by atoms with van der Waals surface area (Å²) in [6.07, 6.45) is 0.585. The van der Waals surface area contributed by atoms with Crippen LogP contribution in [0.4, 0.5) is 0 Å². The van der Waals surface area contributed by atoms with Gasteiger partial charge in [0.15, 0.2) is 6.61 Å². The molecule has 0 radical (unpaired) electrons. The number of rotatable bonds is 13. The first-order valence-corrected chi connectivity index (χ1v) is 22.6. The maximum Gasteiger partial charge on any atom is 0.326 e. The van der Waals surface area contributed by atoms with Crippen molar-refractivity contribution >= 4 is 46.8 Å². The van der Waals surface area contributed by atoms with E-state index >= 15 is 0 Å². The second-order valence-corrected chi connectivity index (χ2v) is 17.1. The predicted molar refractivity (Wildman–Crippen MR) is 251 cm³/mol. The number of carboxylic acid groups (broad SMARTS) is 1. The summed E-state index contributed by atoms with van der Waals surface area (Å²) in [5.74, 6) is -4.22. The summed E-state index contributed by atoms with van der Waals surface area (Å²) in [4.78, 5) is 84.5. The Morgan fingerprint density at radius 3 is 1.74 bits per heavy atom. The van der Waals surface area contributed by atoms with Crippen LogP contribution in [0.5, 0.6) is 5.75 Å². The minimum atomic E-state index is -1.29. The molecule has 0 fully saturated rings. The van der Waals surface area contributed by atoms with Crippen molar-refractivity contribution in [3.05, 3.63) is 184 Å². The number of carbonyl (C=O) groups is 6. The lowest BCUT2D eigenvalue weighted by molar-refractivity contribution is -0.142. The smallest absolute Gasteiger partial charge is 0.326 e.